The number of sulfonamides is 1. The molecule has 1 fully saturated rings. The number of benzene rings is 2. The highest BCUT2D eigenvalue weighted by molar-refractivity contribution is 8.00. The second-order valence-electron chi connectivity index (χ2n) is 10.3. The monoisotopic (exact) mass is 679 g/mol. The predicted molar refractivity (Wildman–Crippen MR) is 169 cm³/mol. The van der Waals surface area contributed by atoms with Crippen LogP contribution in [0.25, 0.3) is 0 Å². The van der Waals surface area contributed by atoms with E-state index in [1.807, 2.05) is 0 Å². The summed E-state index contributed by atoms with van der Waals surface area (Å²) in [6, 6.07) is 14.7. The number of esters is 1. The fraction of sp³-hybridized carbons (Fsp3) is 0.200. The summed E-state index contributed by atoms with van der Waals surface area (Å²) in [6.07, 6.45) is 3.16. The lowest BCUT2D eigenvalue weighted by Gasteiger charge is -2.30. The quantitative estimate of drug-likeness (QED) is 0.207. The number of imide groups is 1. The third kappa shape index (κ3) is 5.75. The summed E-state index contributed by atoms with van der Waals surface area (Å²) in [5.74, 6) is -3.60. The Kier molecular flexibility index (Phi) is 8.37. The van der Waals surface area contributed by atoms with Crippen LogP contribution in [0.4, 0.5) is 11.4 Å². The number of thiazole rings is 1. The first-order valence-corrected chi connectivity index (χ1v) is 17.1. The number of rotatable bonds is 8. The minimum atomic E-state index is -3.92. The van der Waals surface area contributed by atoms with Crippen molar-refractivity contribution in [2.45, 2.75) is 34.6 Å². The number of fused-ring (bicyclic) bond motifs is 2. The molecule has 13 nitrogen and oxygen atoms in total. The van der Waals surface area contributed by atoms with Gasteiger partial charge in [0.1, 0.15) is 11.8 Å². The van der Waals surface area contributed by atoms with E-state index in [1.54, 1.807) is 31.5 Å². The van der Waals surface area contributed by atoms with Gasteiger partial charge in [0.05, 0.1) is 33.7 Å². The summed E-state index contributed by atoms with van der Waals surface area (Å²) in [5, 5.41) is 7.25. The molecule has 2 aromatic heterocycles. The van der Waals surface area contributed by atoms with E-state index < -0.39 is 62.2 Å². The van der Waals surface area contributed by atoms with Crippen molar-refractivity contribution < 1.29 is 32.3 Å². The highest BCUT2D eigenvalue weighted by atomic mass is 32.2. The minimum absolute atomic E-state index is 0.124. The van der Waals surface area contributed by atoms with Crippen LogP contribution in [0.1, 0.15) is 33.6 Å². The van der Waals surface area contributed by atoms with Crippen molar-refractivity contribution in [3.8, 4) is 0 Å². The molecule has 0 unspecified atom stereocenters. The number of carbonyl (C=O) groups excluding carboxylic acids is 4. The van der Waals surface area contributed by atoms with Gasteiger partial charge in [-0.3, -0.25) is 28.7 Å². The van der Waals surface area contributed by atoms with Crippen LogP contribution in [-0.2, 0) is 35.7 Å². The number of carbonyl (C=O) groups is 4. The molecule has 236 valence electrons. The fourth-order valence-corrected chi connectivity index (χ4v) is 8.75. The highest BCUT2D eigenvalue weighted by Crippen LogP contribution is 2.53. The summed E-state index contributed by atoms with van der Waals surface area (Å²) in [7, 11) is -3.92. The molecule has 0 aliphatic carbocycles. The zero-order valence-electron chi connectivity index (χ0n) is 24.0. The molecule has 46 heavy (non-hydrogen) atoms. The Bertz CT molecular complexity index is 2030. The van der Waals surface area contributed by atoms with Crippen molar-refractivity contribution in [3.05, 3.63) is 98.7 Å². The second-order valence-corrected chi connectivity index (χ2v) is 14.0. The predicted octanol–water partition coefficient (Wildman–Crippen LogP) is 2.56. The number of ether oxygens (including phenoxy) is 1. The SMILES string of the molecule is CCOC(=O)c1ccc(N2C(=O)[C@H]3[C@H](c4cccnc4)c4sc(=O)n(CC(=O)Nc5ccc(S(N)(=O)=O)cc5)c4S[C@H]3C2=O)cc1. The number of pyridine rings is 1. The van der Waals surface area contributed by atoms with E-state index in [4.69, 9.17) is 9.88 Å². The molecule has 1 saturated heterocycles. The first-order valence-electron chi connectivity index (χ1n) is 13.9. The van der Waals surface area contributed by atoms with E-state index >= 15 is 0 Å². The molecule has 3 N–H and O–H groups in total. The number of thioether (sulfide) groups is 1. The smallest absolute Gasteiger partial charge is 0.338 e. The van der Waals surface area contributed by atoms with Crippen LogP contribution in [0.2, 0.25) is 0 Å². The van der Waals surface area contributed by atoms with Crippen LogP contribution in [-0.4, -0.2) is 53.5 Å². The summed E-state index contributed by atoms with van der Waals surface area (Å²) in [4.78, 5) is 71.7. The van der Waals surface area contributed by atoms with E-state index in [-0.39, 0.29) is 28.4 Å². The van der Waals surface area contributed by atoms with Gasteiger partial charge in [-0.2, -0.15) is 0 Å². The third-order valence-corrected chi connectivity index (χ3v) is 11.0. The van der Waals surface area contributed by atoms with Crippen molar-refractivity contribution in [1.82, 2.24) is 9.55 Å². The zero-order chi connectivity index (χ0) is 32.7. The molecule has 0 bridgehead atoms. The number of aromatic nitrogens is 2. The summed E-state index contributed by atoms with van der Waals surface area (Å²) >= 11 is 1.95. The van der Waals surface area contributed by atoms with Crippen molar-refractivity contribution in [2.24, 2.45) is 11.1 Å². The molecule has 4 aromatic rings. The van der Waals surface area contributed by atoms with Gasteiger partial charge in [0, 0.05) is 28.9 Å². The molecule has 3 amide bonds. The van der Waals surface area contributed by atoms with Crippen LogP contribution in [0, 0.1) is 5.92 Å². The van der Waals surface area contributed by atoms with Crippen molar-refractivity contribution in [3.63, 3.8) is 0 Å². The molecule has 2 aromatic carbocycles. The molecular weight excluding hydrogens is 655 g/mol. The molecule has 4 heterocycles. The molecule has 2 aliphatic rings. The number of amides is 3. The maximum atomic E-state index is 14.0. The lowest BCUT2D eigenvalue weighted by atomic mass is 9.84. The van der Waals surface area contributed by atoms with E-state index in [9.17, 15) is 32.4 Å². The Labute approximate surface area is 270 Å². The molecule has 6 rings (SSSR count). The molecule has 0 spiro atoms. The molecular formula is C30H25N5O8S3. The van der Waals surface area contributed by atoms with Gasteiger partial charge in [-0.05, 0) is 67.1 Å². The first-order chi connectivity index (χ1) is 22.0. The van der Waals surface area contributed by atoms with Gasteiger partial charge in [-0.15, -0.1) is 0 Å². The van der Waals surface area contributed by atoms with Gasteiger partial charge in [0.2, 0.25) is 27.7 Å². The Morgan fingerprint density at radius 2 is 1.74 bits per heavy atom. The maximum Gasteiger partial charge on any atom is 0.338 e. The van der Waals surface area contributed by atoms with Gasteiger partial charge in [0.15, 0.2) is 0 Å². The van der Waals surface area contributed by atoms with Gasteiger partial charge < -0.3 is 10.1 Å². The van der Waals surface area contributed by atoms with Gasteiger partial charge in [0.25, 0.3) is 0 Å². The van der Waals surface area contributed by atoms with E-state index in [0.29, 0.717) is 15.5 Å². The average molecular weight is 680 g/mol. The molecule has 0 saturated carbocycles. The summed E-state index contributed by atoms with van der Waals surface area (Å²) in [5.41, 5.74) is 1.48. The Morgan fingerprint density at radius 1 is 1.02 bits per heavy atom. The Morgan fingerprint density at radius 3 is 2.37 bits per heavy atom. The lowest BCUT2D eigenvalue weighted by Crippen LogP contribution is -2.33. The van der Waals surface area contributed by atoms with Crippen LogP contribution in [0.3, 0.4) is 0 Å². The highest BCUT2D eigenvalue weighted by Gasteiger charge is 2.57. The summed E-state index contributed by atoms with van der Waals surface area (Å²) in [6.45, 7) is 1.49. The molecule has 0 radical (unpaired) electrons. The van der Waals surface area contributed by atoms with Crippen molar-refractivity contribution in [1.29, 1.82) is 0 Å². The standard InChI is InChI=1S/C30H25N5O8S3/c1-2-43-29(39)16-5-9-19(10-6-16)35-26(37)23-22(17-4-3-13-32-14-17)25-28(44-24(23)27(35)38)34(30(40)45-25)15-21(36)33-18-7-11-20(12-8-18)46(31,41)42/h3-14,22-24H,2,15H2,1H3,(H,33,36)(H2,31,41,42)/t22-,23-,24+/m0/s1. The van der Waals surface area contributed by atoms with Gasteiger partial charge >= 0.3 is 10.8 Å². The zero-order valence-corrected chi connectivity index (χ0v) is 26.4. The number of hydrogen-bond acceptors (Lipinski definition) is 11. The van der Waals surface area contributed by atoms with Gasteiger partial charge in [-0.25, -0.2) is 23.3 Å². The average Bonchev–Trinajstić information content (AvgIpc) is 3.47. The van der Waals surface area contributed by atoms with Crippen molar-refractivity contribution in [2.75, 3.05) is 16.8 Å². The summed E-state index contributed by atoms with van der Waals surface area (Å²) < 4.78 is 29.4. The Balaban J connectivity index is 1.32. The molecule has 16 heteroatoms. The van der Waals surface area contributed by atoms with E-state index in [0.717, 1.165) is 28.0 Å². The van der Waals surface area contributed by atoms with Crippen molar-refractivity contribution >= 4 is 68.2 Å². The third-order valence-electron chi connectivity index (χ3n) is 7.50. The number of anilines is 2. The first kappa shape index (κ1) is 31.3. The minimum Gasteiger partial charge on any atom is -0.462 e. The normalized spacial score (nSPS) is 19.0. The Hall–Kier alpha value is -4.64. The number of nitrogens with two attached hydrogens (primary N) is 1. The fourth-order valence-electron chi connectivity index (χ4n) is 5.46. The van der Waals surface area contributed by atoms with E-state index in [2.05, 4.69) is 10.3 Å². The van der Waals surface area contributed by atoms with Crippen LogP contribution < -0.4 is 20.2 Å². The van der Waals surface area contributed by atoms with Gasteiger partial charge in [-0.1, -0.05) is 29.2 Å². The number of nitrogens with one attached hydrogen (secondary N) is 1. The van der Waals surface area contributed by atoms with E-state index in [1.165, 1.54) is 53.1 Å². The molecule has 2 aliphatic heterocycles. The largest absolute Gasteiger partial charge is 0.462 e. The maximum absolute atomic E-state index is 14.0. The number of hydrogen-bond donors (Lipinski definition) is 2. The van der Waals surface area contributed by atoms with Crippen LogP contribution >= 0.6 is 23.1 Å². The van der Waals surface area contributed by atoms with Crippen LogP contribution in [0.15, 0.2) is 87.8 Å². The van der Waals surface area contributed by atoms with Crippen LogP contribution in [0.5, 0.6) is 0 Å². The molecule has 3 atom stereocenters. The topological polar surface area (TPSA) is 188 Å². The second kappa shape index (κ2) is 12.3. The number of nitrogens with zero attached hydrogens (tertiary/aromatic N) is 3. The number of primary sulfonamides is 1. The lowest BCUT2D eigenvalue weighted by molar-refractivity contribution is -0.122.